The fourth-order valence-electron chi connectivity index (χ4n) is 1.41. The fourth-order valence-corrected chi connectivity index (χ4v) is 2.19. The SMILES string of the molecule is Cc1cnc(NCC(C)(O)c2cccs2)nc1. The van der Waals surface area contributed by atoms with Crippen LogP contribution in [0.1, 0.15) is 17.4 Å². The van der Waals surface area contributed by atoms with Crippen LogP contribution in [-0.4, -0.2) is 21.6 Å². The van der Waals surface area contributed by atoms with Crippen LogP contribution in [-0.2, 0) is 5.60 Å². The van der Waals surface area contributed by atoms with Gasteiger partial charge in [-0.3, -0.25) is 0 Å². The van der Waals surface area contributed by atoms with E-state index in [1.807, 2.05) is 24.4 Å². The van der Waals surface area contributed by atoms with Crippen molar-refractivity contribution in [3.05, 3.63) is 40.3 Å². The second kappa shape index (κ2) is 4.81. The zero-order valence-electron chi connectivity index (χ0n) is 9.84. The number of anilines is 1. The van der Waals surface area contributed by atoms with Crippen molar-refractivity contribution in [1.29, 1.82) is 0 Å². The lowest BCUT2D eigenvalue weighted by Gasteiger charge is -2.22. The van der Waals surface area contributed by atoms with Gasteiger partial charge in [0.1, 0.15) is 5.60 Å². The summed E-state index contributed by atoms with van der Waals surface area (Å²) in [5.41, 5.74) is 0.114. The van der Waals surface area contributed by atoms with Crippen molar-refractivity contribution < 1.29 is 5.11 Å². The highest BCUT2D eigenvalue weighted by Crippen LogP contribution is 2.25. The molecule has 2 aromatic heterocycles. The number of thiophene rings is 1. The molecule has 0 radical (unpaired) electrons. The van der Waals surface area contributed by atoms with Gasteiger partial charge in [-0.05, 0) is 30.9 Å². The topological polar surface area (TPSA) is 58.0 Å². The highest BCUT2D eigenvalue weighted by Gasteiger charge is 2.24. The summed E-state index contributed by atoms with van der Waals surface area (Å²) in [6.07, 6.45) is 3.49. The smallest absolute Gasteiger partial charge is 0.222 e. The van der Waals surface area contributed by atoms with Crippen molar-refractivity contribution >= 4 is 17.3 Å². The third kappa shape index (κ3) is 3.01. The summed E-state index contributed by atoms with van der Waals surface area (Å²) in [7, 11) is 0. The Labute approximate surface area is 104 Å². The highest BCUT2D eigenvalue weighted by molar-refractivity contribution is 7.10. The molecular formula is C12H15N3OS. The van der Waals surface area contributed by atoms with E-state index >= 15 is 0 Å². The summed E-state index contributed by atoms with van der Waals surface area (Å²) < 4.78 is 0. The maximum Gasteiger partial charge on any atom is 0.222 e. The summed E-state index contributed by atoms with van der Waals surface area (Å²) in [6, 6.07) is 3.85. The van der Waals surface area contributed by atoms with Crippen molar-refractivity contribution in [3.63, 3.8) is 0 Å². The van der Waals surface area contributed by atoms with Crippen LogP contribution in [0, 0.1) is 6.92 Å². The number of aliphatic hydroxyl groups is 1. The number of hydrogen-bond donors (Lipinski definition) is 2. The van der Waals surface area contributed by atoms with Crippen LogP contribution in [0.5, 0.6) is 0 Å². The normalized spacial score (nSPS) is 14.3. The lowest BCUT2D eigenvalue weighted by Crippen LogP contribution is -2.30. The van der Waals surface area contributed by atoms with Crippen LogP contribution in [0.2, 0.25) is 0 Å². The van der Waals surface area contributed by atoms with Crippen LogP contribution in [0.15, 0.2) is 29.9 Å². The first-order valence-corrected chi connectivity index (χ1v) is 6.25. The van der Waals surface area contributed by atoms with E-state index in [1.165, 1.54) is 11.3 Å². The monoisotopic (exact) mass is 249 g/mol. The van der Waals surface area contributed by atoms with Crippen LogP contribution in [0.4, 0.5) is 5.95 Å². The first kappa shape index (κ1) is 12.0. The summed E-state index contributed by atoms with van der Waals surface area (Å²) in [6.45, 7) is 4.10. The second-order valence-electron chi connectivity index (χ2n) is 4.19. The van der Waals surface area contributed by atoms with E-state index in [4.69, 9.17) is 0 Å². The molecule has 2 N–H and O–H groups in total. The van der Waals surface area contributed by atoms with Crippen LogP contribution >= 0.6 is 11.3 Å². The molecule has 0 aliphatic heterocycles. The average molecular weight is 249 g/mol. The summed E-state index contributed by atoms with van der Waals surface area (Å²) >= 11 is 1.54. The van der Waals surface area contributed by atoms with E-state index in [0.717, 1.165) is 10.4 Å². The molecule has 2 heterocycles. The van der Waals surface area contributed by atoms with Gasteiger partial charge in [0, 0.05) is 17.3 Å². The molecule has 17 heavy (non-hydrogen) atoms. The number of nitrogens with one attached hydrogen (secondary N) is 1. The van der Waals surface area contributed by atoms with Crippen molar-refractivity contribution in [2.45, 2.75) is 19.4 Å². The quantitative estimate of drug-likeness (QED) is 0.872. The van der Waals surface area contributed by atoms with Gasteiger partial charge < -0.3 is 10.4 Å². The van der Waals surface area contributed by atoms with Gasteiger partial charge in [0.25, 0.3) is 0 Å². The highest BCUT2D eigenvalue weighted by atomic mass is 32.1. The fraction of sp³-hybridized carbons (Fsp3) is 0.333. The Morgan fingerprint density at radius 1 is 1.41 bits per heavy atom. The minimum atomic E-state index is -0.900. The standard InChI is InChI=1S/C12H15N3OS/c1-9-6-13-11(14-7-9)15-8-12(2,16)10-4-3-5-17-10/h3-7,16H,8H2,1-2H3,(H,13,14,15). The zero-order valence-corrected chi connectivity index (χ0v) is 10.7. The molecule has 4 nitrogen and oxygen atoms in total. The molecule has 0 amide bonds. The first-order chi connectivity index (χ1) is 8.08. The summed E-state index contributed by atoms with van der Waals surface area (Å²) in [5.74, 6) is 0.535. The molecule has 0 saturated heterocycles. The molecule has 0 fully saturated rings. The Bertz CT molecular complexity index is 465. The summed E-state index contributed by atoms with van der Waals surface area (Å²) in [5, 5.41) is 15.3. The van der Waals surface area contributed by atoms with E-state index in [1.54, 1.807) is 19.3 Å². The van der Waals surface area contributed by atoms with E-state index < -0.39 is 5.60 Å². The van der Waals surface area contributed by atoms with Gasteiger partial charge in [-0.1, -0.05) is 6.07 Å². The molecule has 1 atom stereocenters. The van der Waals surface area contributed by atoms with Crippen LogP contribution < -0.4 is 5.32 Å². The number of aryl methyl sites for hydroxylation is 1. The van der Waals surface area contributed by atoms with Crippen molar-refractivity contribution in [1.82, 2.24) is 9.97 Å². The van der Waals surface area contributed by atoms with E-state index in [9.17, 15) is 5.11 Å². The molecule has 90 valence electrons. The Morgan fingerprint density at radius 3 is 2.71 bits per heavy atom. The predicted octanol–water partition coefficient (Wildman–Crippen LogP) is 2.17. The predicted molar refractivity (Wildman–Crippen MR) is 69.1 cm³/mol. The van der Waals surface area contributed by atoms with Crippen molar-refractivity contribution in [2.75, 3.05) is 11.9 Å². The third-order valence-corrected chi connectivity index (χ3v) is 3.55. The molecule has 0 aromatic carbocycles. The number of nitrogens with zero attached hydrogens (tertiary/aromatic N) is 2. The lowest BCUT2D eigenvalue weighted by atomic mass is 10.1. The van der Waals surface area contributed by atoms with E-state index in [0.29, 0.717) is 12.5 Å². The Hall–Kier alpha value is -1.46. The maximum atomic E-state index is 10.3. The molecule has 5 heteroatoms. The minimum absolute atomic E-state index is 0.385. The van der Waals surface area contributed by atoms with Crippen LogP contribution in [0.25, 0.3) is 0 Å². The molecule has 0 aliphatic rings. The molecule has 0 saturated carbocycles. The van der Waals surface area contributed by atoms with Crippen molar-refractivity contribution in [3.8, 4) is 0 Å². The van der Waals surface area contributed by atoms with E-state index in [2.05, 4.69) is 15.3 Å². The summed E-state index contributed by atoms with van der Waals surface area (Å²) in [4.78, 5) is 9.19. The molecule has 0 bridgehead atoms. The van der Waals surface area contributed by atoms with Crippen LogP contribution in [0.3, 0.4) is 0 Å². The van der Waals surface area contributed by atoms with Gasteiger partial charge >= 0.3 is 0 Å². The minimum Gasteiger partial charge on any atom is -0.383 e. The van der Waals surface area contributed by atoms with Crippen molar-refractivity contribution in [2.24, 2.45) is 0 Å². The number of hydrogen-bond acceptors (Lipinski definition) is 5. The Balaban J connectivity index is 2.00. The second-order valence-corrected chi connectivity index (χ2v) is 5.14. The van der Waals surface area contributed by atoms with Gasteiger partial charge in [-0.25, -0.2) is 9.97 Å². The largest absolute Gasteiger partial charge is 0.383 e. The van der Waals surface area contributed by atoms with Gasteiger partial charge in [0.05, 0.1) is 6.54 Å². The molecule has 2 aromatic rings. The zero-order chi connectivity index (χ0) is 12.3. The van der Waals surface area contributed by atoms with E-state index in [-0.39, 0.29) is 0 Å². The molecule has 0 aliphatic carbocycles. The lowest BCUT2D eigenvalue weighted by molar-refractivity contribution is 0.0752. The Morgan fingerprint density at radius 2 is 2.12 bits per heavy atom. The van der Waals surface area contributed by atoms with Gasteiger partial charge in [-0.2, -0.15) is 0 Å². The average Bonchev–Trinajstić information content (AvgIpc) is 2.82. The first-order valence-electron chi connectivity index (χ1n) is 5.37. The maximum absolute atomic E-state index is 10.3. The number of aromatic nitrogens is 2. The third-order valence-electron chi connectivity index (χ3n) is 2.42. The number of rotatable bonds is 4. The Kier molecular flexibility index (Phi) is 3.40. The molecule has 0 spiro atoms. The molecule has 2 rings (SSSR count). The molecule has 1 unspecified atom stereocenters. The van der Waals surface area contributed by atoms with Gasteiger partial charge in [-0.15, -0.1) is 11.3 Å². The van der Waals surface area contributed by atoms with Gasteiger partial charge in [0.2, 0.25) is 5.95 Å². The molecular weight excluding hydrogens is 234 g/mol. The van der Waals surface area contributed by atoms with Gasteiger partial charge in [0.15, 0.2) is 0 Å².